The summed E-state index contributed by atoms with van der Waals surface area (Å²) in [5.74, 6) is 0.402. The first-order chi connectivity index (χ1) is 15.2. The van der Waals surface area contributed by atoms with Gasteiger partial charge in [0.15, 0.2) is 5.78 Å². The van der Waals surface area contributed by atoms with E-state index in [-0.39, 0.29) is 24.5 Å². The van der Waals surface area contributed by atoms with Crippen LogP contribution in [0.4, 0.5) is 9.59 Å². The number of hydrogen-bond acceptors (Lipinski definition) is 8. The summed E-state index contributed by atoms with van der Waals surface area (Å²) in [6, 6.07) is 1.67. The fraction of sp³-hybridized carbons (Fsp3) is 0.652. The van der Waals surface area contributed by atoms with E-state index < -0.39 is 23.4 Å². The number of carbonyl (C=O) groups excluding carboxylic acids is 3. The summed E-state index contributed by atoms with van der Waals surface area (Å²) >= 11 is 0. The van der Waals surface area contributed by atoms with Gasteiger partial charge < -0.3 is 19.3 Å². The molecule has 1 amide bonds. The summed E-state index contributed by atoms with van der Waals surface area (Å²) in [6.45, 7) is 10.9. The summed E-state index contributed by atoms with van der Waals surface area (Å²) in [6.07, 6.45) is 7.97. The number of nitrogens with zero attached hydrogens (tertiary/aromatic N) is 3. The molecule has 2 fully saturated rings. The van der Waals surface area contributed by atoms with Gasteiger partial charge >= 0.3 is 12.2 Å². The van der Waals surface area contributed by atoms with Gasteiger partial charge in [0.1, 0.15) is 17.3 Å². The Hall–Kier alpha value is -2.88. The van der Waals surface area contributed by atoms with Crippen LogP contribution in [0.5, 0.6) is 5.88 Å². The number of aromatic nitrogens is 2. The molecule has 3 aliphatic rings. The van der Waals surface area contributed by atoms with Crippen LogP contribution in [0.1, 0.15) is 67.2 Å². The van der Waals surface area contributed by atoms with Crippen molar-refractivity contribution in [2.24, 2.45) is 0 Å². The Labute approximate surface area is 194 Å². The second-order valence-corrected chi connectivity index (χ2v) is 10.0. The first-order valence-electron chi connectivity index (χ1n) is 11.1. The molecule has 184 valence electrons. The second-order valence-electron chi connectivity index (χ2n) is 10.0. The van der Waals surface area contributed by atoms with Crippen LogP contribution in [0.2, 0.25) is 0 Å². The summed E-state index contributed by atoms with van der Waals surface area (Å²) in [5.41, 5.74) is -1.03. The fourth-order valence-corrected chi connectivity index (χ4v) is 2.10. The lowest BCUT2D eigenvalue weighted by Crippen LogP contribution is -2.33. The highest BCUT2D eigenvalue weighted by molar-refractivity contribution is 5.96. The molecule has 10 heteroatoms. The van der Waals surface area contributed by atoms with E-state index in [1.807, 2.05) is 20.8 Å². The SMILES string of the molecule is CC(C)(C)OC(=O)N1C=CC(=O)C1.CC(C)(C)OC(=O)n1ccc(OC2CC2)n1.OC1CC1. The maximum absolute atomic E-state index is 11.6. The zero-order valence-corrected chi connectivity index (χ0v) is 20.2. The van der Waals surface area contributed by atoms with E-state index in [9.17, 15) is 14.4 Å². The van der Waals surface area contributed by atoms with Crippen molar-refractivity contribution >= 4 is 18.0 Å². The third kappa shape index (κ3) is 11.5. The number of ether oxygens (including phenoxy) is 3. The minimum Gasteiger partial charge on any atom is -0.473 e. The van der Waals surface area contributed by atoms with E-state index in [0.717, 1.165) is 30.4 Å². The zero-order chi connectivity index (χ0) is 24.8. The largest absolute Gasteiger partial charge is 0.473 e. The summed E-state index contributed by atoms with van der Waals surface area (Å²) in [7, 11) is 0. The van der Waals surface area contributed by atoms with Crippen molar-refractivity contribution in [1.82, 2.24) is 14.7 Å². The van der Waals surface area contributed by atoms with Crippen LogP contribution in [-0.2, 0) is 14.3 Å². The lowest BCUT2D eigenvalue weighted by molar-refractivity contribution is -0.114. The van der Waals surface area contributed by atoms with E-state index in [1.54, 1.807) is 33.0 Å². The van der Waals surface area contributed by atoms with E-state index in [2.05, 4.69) is 5.10 Å². The molecule has 0 spiro atoms. The van der Waals surface area contributed by atoms with Gasteiger partial charge in [-0.2, -0.15) is 4.68 Å². The maximum atomic E-state index is 11.6. The first kappa shape index (κ1) is 26.4. The van der Waals surface area contributed by atoms with Gasteiger partial charge in [0.2, 0.25) is 5.88 Å². The van der Waals surface area contributed by atoms with Crippen LogP contribution in [0.25, 0.3) is 0 Å². The van der Waals surface area contributed by atoms with Crippen molar-refractivity contribution < 1.29 is 33.7 Å². The molecule has 33 heavy (non-hydrogen) atoms. The van der Waals surface area contributed by atoms with Crippen LogP contribution in [0.3, 0.4) is 0 Å². The molecule has 1 aromatic rings. The van der Waals surface area contributed by atoms with Crippen LogP contribution >= 0.6 is 0 Å². The van der Waals surface area contributed by atoms with Gasteiger partial charge in [-0.3, -0.25) is 9.69 Å². The van der Waals surface area contributed by atoms with Crippen molar-refractivity contribution in [3.63, 3.8) is 0 Å². The molecule has 0 aromatic carbocycles. The lowest BCUT2D eigenvalue weighted by atomic mass is 10.2. The number of aliphatic hydroxyl groups is 1. The van der Waals surface area contributed by atoms with Gasteiger partial charge in [0, 0.05) is 18.5 Å². The van der Waals surface area contributed by atoms with Crippen molar-refractivity contribution in [2.45, 2.75) is 90.6 Å². The van der Waals surface area contributed by atoms with Crippen LogP contribution < -0.4 is 4.74 Å². The Morgan fingerprint density at radius 1 is 1.00 bits per heavy atom. The minimum atomic E-state index is -0.517. The van der Waals surface area contributed by atoms with Crippen molar-refractivity contribution in [1.29, 1.82) is 0 Å². The lowest BCUT2D eigenvalue weighted by Gasteiger charge is -2.22. The predicted octanol–water partition coefficient (Wildman–Crippen LogP) is 3.67. The minimum absolute atomic E-state index is 0.0779. The molecular formula is C23H35N3O7. The smallest absolute Gasteiger partial charge is 0.435 e. The van der Waals surface area contributed by atoms with Gasteiger partial charge in [-0.1, -0.05) is 0 Å². The van der Waals surface area contributed by atoms with E-state index in [0.29, 0.717) is 5.88 Å². The molecule has 10 nitrogen and oxygen atoms in total. The standard InChI is InChI=1S/C11H16N2O3.C9H13NO3.C3H6O/c1-11(2,3)16-10(14)13-7-6-9(12-13)15-8-4-5-8;1-9(2,3)13-8(12)10-5-4-7(11)6-10;4-3-1-2-3/h6-8H,4-5H2,1-3H3;4-5H,6H2,1-3H3;3-4H,1-2H2. The molecule has 0 unspecified atom stereocenters. The Bertz CT molecular complexity index is 856. The molecule has 0 radical (unpaired) electrons. The molecule has 4 rings (SSSR count). The molecule has 2 aliphatic carbocycles. The molecule has 2 heterocycles. The molecule has 1 aromatic heterocycles. The number of amides is 1. The van der Waals surface area contributed by atoms with Gasteiger partial charge in [-0.05, 0) is 73.3 Å². The third-order valence-electron chi connectivity index (χ3n) is 3.90. The van der Waals surface area contributed by atoms with Crippen molar-refractivity contribution in [2.75, 3.05) is 6.54 Å². The number of rotatable bonds is 2. The molecule has 0 bridgehead atoms. The predicted molar refractivity (Wildman–Crippen MR) is 120 cm³/mol. The topological polar surface area (TPSA) is 120 Å². The Kier molecular flexibility index (Phi) is 8.65. The average molecular weight is 466 g/mol. The number of hydrogen-bond donors (Lipinski definition) is 1. The van der Waals surface area contributed by atoms with Crippen molar-refractivity contribution in [3.05, 3.63) is 24.5 Å². The maximum Gasteiger partial charge on any atom is 0.435 e. The Balaban J connectivity index is 0.000000203. The quantitative estimate of drug-likeness (QED) is 0.702. The molecule has 0 atom stereocenters. The molecule has 0 saturated heterocycles. The Morgan fingerprint density at radius 3 is 1.97 bits per heavy atom. The highest BCUT2D eigenvalue weighted by Gasteiger charge is 2.26. The van der Waals surface area contributed by atoms with E-state index >= 15 is 0 Å². The van der Waals surface area contributed by atoms with Crippen LogP contribution in [-0.4, -0.2) is 67.7 Å². The molecule has 1 aliphatic heterocycles. The monoisotopic (exact) mass is 465 g/mol. The van der Waals surface area contributed by atoms with Gasteiger partial charge in [0.25, 0.3) is 0 Å². The average Bonchev–Trinajstić information content (AvgIpc) is 3.54. The normalized spacial score (nSPS) is 17.4. The van der Waals surface area contributed by atoms with E-state index in [1.165, 1.54) is 17.2 Å². The van der Waals surface area contributed by atoms with Crippen molar-refractivity contribution in [3.8, 4) is 5.88 Å². The zero-order valence-electron chi connectivity index (χ0n) is 20.2. The van der Waals surface area contributed by atoms with Gasteiger partial charge in [-0.15, -0.1) is 5.10 Å². The molecular weight excluding hydrogens is 430 g/mol. The van der Waals surface area contributed by atoms with Gasteiger partial charge in [0.05, 0.1) is 12.6 Å². The molecule has 1 N–H and O–H groups in total. The first-order valence-corrected chi connectivity index (χ1v) is 11.1. The molecule has 2 saturated carbocycles. The van der Waals surface area contributed by atoms with Crippen LogP contribution in [0, 0.1) is 0 Å². The number of aliphatic hydroxyl groups excluding tert-OH is 1. The number of ketones is 1. The third-order valence-corrected chi connectivity index (χ3v) is 3.90. The van der Waals surface area contributed by atoms with E-state index in [4.69, 9.17) is 19.3 Å². The summed E-state index contributed by atoms with van der Waals surface area (Å²) in [5, 5.41) is 12.2. The van der Waals surface area contributed by atoms with Crippen LogP contribution in [0.15, 0.2) is 24.5 Å². The Morgan fingerprint density at radius 2 is 1.55 bits per heavy atom. The highest BCUT2D eigenvalue weighted by Crippen LogP contribution is 2.25. The second kappa shape index (κ2) is 10.8. The highest BCUT2D eigenvalue weighted by atomic mass is 16.6. The fourth-order valence-electron chi connectivity index (χ4n) is 2.10. The summed E-state index contributed by atoms with van der Waals surface area (Å²) in [4.78, 5) is 34.9. The van der Waals surface area contributed by atoms with Gasteiger partial charge in [-0.25, -0.2) is 9.59 Å². The summed E-state index contributed by atoms with van der Waals surface area (Å²) < 4.78 is 16.8. The number of carbonyl (C=O) groups is 3.